The quantitative estimate of drug-likeness (QED) is 0.332. The number of nitrogens with one attached hydrogen (secondary N) is 1. The summed E-state index contributed by atoms with van der Waals surface area (Å²) in [7, 11) is -1.63. The fourth-order valence-corrected chi connectivity index (χ4v) is 3.36. The summed E-state index contributed by atoms with van der Waals surface area (Å²) in [6, 6.07) is 28.5. The molecule has 0 bridgehead atoms. The second-order valence-corrected chi connectivity index (χ2v) is 6.77. The van der Waals surface area contributed by atoms with Crippen molar-refractivity contribution in [3.8, 4) is 11.1 Å². The molecule has 0 radical (unpaired) electrons. The fraction of sp³-hybridized carbons (Fsp3) is 0.0909. The minimum Gasteiger partial charge on any atom is -0.418 e. The zero-order valence-electron chi connectivity index (χ0n) is 15.6. The molecule has 0 aromatic heterocycles. The molecule has 0 fully saturated rings. The van der Waals surface area contributed by atoms with Gasteiger partial charge in [-0.3, -0.25) is 0 Å². The van der Waals surface area contributed by atoms with Crippen LogP contribution in [-0.4, -0.2) is 21.3 Å². The number of hydrogen-bond acceptors (Lipinski definition) is 0. The lowest BCUT2D eigenvalue weighted by molar-refractivity contribution is -0.785. The van der Waals surface area contributed by atoms with E-state index in [1.165, 1.54) is 43.3 Å². The van der Waals surface area contributed by atoms with Crippen LogP contribution in [0.25, 0.3) is 32.7 Å². The fourth-order valence-electron chi connectivity index (χ4n) is 3.36. The number of quaternary nitrogens is 1. The molecule has 0 spiro atoms. The van der Waals surface area contributed by atoms with E-state index in [1.54, 1.807) is 0 Å². The van der Waals surface area contributed by atoms with Crippen LogP contribution >= 0.6 is 0 Å². The van der Waals surface area contributed by atoms with Crippen molar-refractivity contribution in [1.29, 1.82) is 0 Å². The van der Waals surface area contributed by atoms with E-state index in [0.717, 1.165) is 0 Å². The summed E-state index contributed by atoms with van der Waals surface area (Å²) in [6.07, 6.45) is 0. The Morgan fingerprint density at radius 3 is 1.86 bits per heavy atom. The van der Waals surface area contributed by atoms with Crippen LogP contribution in [0.15, 0.2) is 78.9 Å². The molecule has 1 N–H and O–H groups in total. The minimum atomic E-state index is -6.00. The maximum absolute atomic E-state index is 9.75. The Balaban J connectivity index is 0.000000403. The zero-order valence-corrected chi connectivity index (χ0v) is 15.6. The van der Waals surface area contributed by atoms with E-state index in [4.69, 9.17) is 0 Å². The average Bonchev–Trinajstić information content (AvgIpc) is 2.65. The molecule has 4 rings (SSSR count). The molecule has 4 aromatic rings. The number of hydrogen-bond donors (Lipinski definition) is 1. The Labute approximate surface area is 161 Å². The molecule has 0 unspecified atom stereocenters. The van der Waals surface area contributed by atoms with Crippen LogP contribution in [-0.2, 0) is 0 Å². The average molecular weight is 385 g/mol. The van der Waals surface area contributed by atoms with Gasteiger partial charge in [-0.15, -0.1) is 0 Å². The molecule has 1 nitrogen and oxygen atoms in total. The second-order valence-electron chi connectivity index (χ2n) is 6.77. The van der Waals surface area contributed by atoms with E-state index in [-0.39, 0.29) is 0 Å². The minimum absolute atomic E-state index is 1.28. The van der Waals surface area contributed by atoms with Crippen molar-refractivity contribution in [3.63, 3.8) is 0 Å². The molecule has 0 saturated heterocycles. The van der Waals surface area contributed by atoms with Crippen molar-refractivity contribution in [1.82, 2.24) is 0 Å². The van der Waals surface area contributed by atoms with Crippen molar-refractivity contribution in [2.75, 3.05) is 14.1 Å². The smallest absolute Gasteiger partial charge is 0.418 e. The summed E-state index contributed by atoms with van der Waals surface area (Å²) in [4.78, 5) is 1.35. The van der Waals surface area contributed by atoms with Gasteiger partial charge < -0.3 is 22.2 Å². The van der Waals surface area contributed by atoms with Gasteiger partial charge in [-0.05, 0) is 39.4 Å². The van der Waals surface area contributed by atoms with Crippen LogP contribution in [0.2, 0.25) is 0 Å². The molecule has 6 heteroatoms. The highest BCUT2D eigenvalue weighted by atomic mass is 19.5. The third kappa shape index (κ3) is 4.70. The van der Waals surface area contributed by atoms with Crippen LogP contribution in [0, 0.1) is 0 Å². The summed E-state index contributed by atoms with van der Waals surface area (Å²) >= 11 is 0. The van der Waals surface area contributed by atoms with Crippen molar-refractivity contribution in [2.24, 2.45) is 0 Å². The predicted octanol–water partition coefficient (Wildman–Crippen LogP) is 5.74. The lowest BCUT2D eigenvalue weighted by atomic mass is 9.95. The Bertz CT molecular complexity index is 1100. The lowest BCUT2D eigenvalue weighted by Gasteiger charge is -2.14. The van der Waals surface area contributed by atoms with Crippen molar-refractivity contribution < 1.29 is 22.2 Å². The van der Waals surface area contributed by atoms with E-state index in [9.17, 15) is 17.3 Å². The predicted molar refractivity (Wildman–Crippen MR) is 110 cm³/mol. The van der Waals surface area contributed by atoms with Gasteiger partial charge in [0.05, 0.1) is 19.5 Å². The van der Waals surface area contributed by atoms with Gasteiger partial charge in [0.2, 0.25) is 0 Å². The zero-order chi connectivity index (χ0) is 20.3. The summed E-state index contributed by atoms with van der Waals surface area (Å²) in [5.41, 5.74) is 3.93. The van der Waals surface area contributed by atoms with E-state index < -0.39 is 7.25 Å². The number of halogens is 4. The highest BCUT2D eigenvalue weighted by Gasteiger charge is 2.20. The molecule has 0 saturated carbocycles. The van der Waals surface area contributed by atoms with Crippen LogP contribution in [0.1, 0.15) is 0 Å². The highest BCUT2D eigenvalue weighted by molar-refractivity contribution is 6.50. The molecule has 0 aliphatic rings. The molecule has 0 aliphatic heterocycles. The normalized spacial score (nSPS) is 11.5. The largest absolute Gasteiger partial charge is 0.673 e. The summed E-state index contributed by atoms with van der Waals surface area (Å²) in [5.74, 6) is 0. The first-order valence-corrected chi connectivity index (χ1v) is 8.93. The van der Waals surface area contributed by atoms with Gasteiger partial charge in [0.15, 0.2) is 0 Å². The van der Waals surface area contributed by atoms with Crippen molar-refractivity contribution in [2.45, 2.75) is 0 Å². The Morgan fingerprint density at radius 2 is 1.21 bits per heavy atom. The topological polar surface area (TPSA) is 4.44 Å². The van der Waals surface area contributed by atoms with Crippen LogP contribution in [0.4, 0.5) is 23.0 Å². The molecule has 0 atom stereocenters. The van der Waals surface area contributed by atoms with Crippen LogP contribution in [0.5, 0.6) is 0 Å². The summed E-state index contributed by atoms with van der Waals surface area (Å²) in [5, 5.41) is 5.23. The molecule has 144 valence electrons. The van der Waals surface area contributed by atoms with Crippen molar-refractivity contribution >= 4 is 34.5 Å². The molecule has 4 aromatic carbocycles. The highest BCUT2D eigenvalue weighted by Crippen LogP contribution is 2.33. The molecule has 28 heavy (non-hydrogen) atoms. The van der Waals surface area contributed by atoms with E-state index in [1.807, 2.05) is 0 Å². The molecule has 0 amide bonds. The second kappa shape index (κ2) is 8.03. The van der Waals surface area contributed by atoms with Crippen molar-refractivity contribution in [3.05, 3.63) is 78.9 Å². The summed E-state index contributed by atoms with van der Waals surface area (Å²) in [6.45, 7) is 0. The van der Waals surface area contributed by atoms with Gasteiger partial charge in [-0.25, -0.2) is 0 Å². The molecule has 0 heterocycles. The first-order chi connectivity index (χ1) is 13.2. The first-order valence-electron chi connectivity index (χ1n) is 8.93. The Kier molecular flexibility index (Phi) is 5.70. The lowest BCUT2D eigenvalue weighted by Crippen LogP contribution is -3.00. The van der Waals surface area contributed by atoms with E-state index in [2.05, 4.69) is 93.0 Å². The number of rotatable bonds is 2. The van der Waals surface area contributed by atoms with E-state index >= 15 is 0 Å². The van der Waals surface area contributed by atoms with Crippen LogP contribution < -0.4 is 4.90 Å². The van der Waals surface area contributed by atoms with Gasteiger partial charge in [0, 0.05) is 0 Å². The van der Waals surface area contributed by atoms with Gasteiger partial charge in [-0.2, -0.15) is 0 Å². The van der Waals surface area contributed by atoms with Gasteiger partial charge >= 0.3 is 7.25 Å². The van der Waals surface area contributed by atoms with Gasteiger partial charge in [-0.1, -0.05) is 66.7 Å². The molecule has 0 aliphatic carbocycles. The standard InChI is InChI=1S/C22H19N.BF4/c1-23(2)21-12-6-10-17-9-5-11-20(22(17)21)19-14-13-16-7-3-4-8-18(16)15-19;2-1(3,4)5/h3-15H,1-2H3;/q;-1/p+1. The first kappa shape index (κ1) is 19.9. The van der Waals surface area contributed by atoms with Gasteiger partial charge in [0.1, 0.15) is 5.69 Å². The Morgan fingerprint density at radius 1 is 0.643 bits per heavy atom. The SMILES string of the molecule is C[NH+](C)c1cccc2cccc(-c3ccc4ccccc4c3)c12.F[B-](F)(F)F. The molecular weight excluding hydrogens is 365 g/mol. The van der Waals surface area contributed by atoms with E-state index in [0.29, 0.717) is 0 Å². The Hall–Kier alpha value is -2.86. The third-order valence-corrected chi connectivity index (χ3v) is 4.50. The van der Waals surface area contributed by atoms with Gasteiger partial charge in [0.25, 0.3) is 0 Å². The molecular formula is C22H20BF4N. The number of benzene rings is 4. The van der Waals surface area contributed by atoms with Crippen LogP contribution in [0.3, 0.4) is 0 Å². The monoisotopic (exact) mass is 385 g/mol. The summed E-state index contributed by atoms with van der Waals surface area (Å²) < 4.78 is 39.0. The maximum Gasteiger partial charge on any atom is 0.673 e. The maximum atomic E-state index is 9.75. The number of fused-ring (bicyclic) bond motifs is 2. The third-order valence-electron chi connectivity index (χ3n) is 4.50.